The normalized spacial score (nSPS) is 15.2. The quantitative estimate of drug-likeness (QED) is 0.695. The van der Waals surface area contributed by atoms with Crippen LogP contribution >= 0.6 is 0 Å². The van der Waals surface area contributed by atoms with Gasteiger partial charge in [0.05, 0.1) is 24.2 Å². The van der Waals surface area contributed by atoms with Crippen LogP contribution in [0.3, 0.4) is 0 Å². The van der Waals surface area contributed by atoms with E-state index in [0.29, 0.717) is 12.3 Å². The lowest BCUT2D eigenvalue weighted by molar-refractivity contribution is -0.117. The number of anilines is 1. The molecule has 3 aromatic rings. The van der Waals surface area contributed by atoms with Gasteiger partial charge in [0.2, 0.25) is 5.91 Å². The Kier molecular flexibility index (Phi) is 5.86. The summed E-state index contributed by atoms with van der Waals surface area (Å²) in [6, 6.07) is 13.7. The minimum absolute atomic E-state index is 0.0459. The van der Waals surface area contributed by atoms with E-state index < -0.39 is 0 Å². The second-order valence-electron chi connectivity index (χ2n) is 7.08. The molecule has 1 fully saturated rings. The molecule has 0 saturated carbocycles. The fourth-order valence-corrected chi connectivity index (χ4v) is 3.49. The smallest absolute Gasteiger partial charge is 0.238 e. The summed E-state index contributed by atoms with van der Waals surface area (Å²) in [4.78, 5) is 18.8. The van der Waals surface area contributed by atoms with Crippen molar-refractivity contribution in [3.63, 3.8) is 0 Å². The molecule has 29 heavy (non-hydrogen) atoms. The van der Waals surface area contributed by atoms with Crippen molar-refractivity contribution in [3.05, 3.63) is 73.1 Å². The summed E-state index contributed by atoms with van der Waals surface area (Å²) < 4.78 is 20.8. The van der Waals surface area contributed by atoms with Crippen LogP contribution in [0.25, 0.3) is 5.69 Å². The van der Waals surface area contributed by atoms with Crippen molar-refractivity contribution in [2.75, 3.05) is 25.0 Å². The molecule has 1 amide bonds. The van der Waals surface area contributed by atoms with Crippen molar-refractivity contribution in [2.24, 2.45) is 0 Å². The second kappa shape index (κ2) is 8.87. The van der Waals surface area contributed by atoms with Crippen LogP contribution in [0.2, 0.25) is 0 Å². The lowest BCUT2D eigenvalue weighted by Crippen LogP contribution is -2.42. The molecule has 1 N–H and O–H groups in total. The Morgan fingerprint density at radius 2 is 1.90 bits per heavy atom. The van der Waals surface area contributed by atoms with Crippen molar-refractivity contribution in [1.29, 1.82) is 0 Å². The van der Waals surface area contributed by atoms with Crippen LogP contribution in [-0.2, 0) is 4.79 Å². The molecule has 1 aliphatic rings. The van der Waals surface area contributed by atoms with E-state index in [2.05, 4.69) is 15.2 Å². The molecule has 2 aromatic carbocycles. The molecule has 4 rings (SSSR count). The average molecular weight is 394 g/mol. The number of amides is 1. The standard InChI is InChI=1S/C22H23FN4O2/c23-17-5-7-18(8-6-17)29-19-9-12-26(13-10-19)15-22(28)25-20-3-1-2-4-21(20)27-14-11-24-16-27/h1-8,11,14,16,19H,9-10,12-13,15H2,(H,25,28). The zero-order chi connectivity index (χ0) is 20.1. The lowest BCUT2D eigenvalue weighted by Gasteiger charge is -2.31. The largest absolute Gasteiger partial charge is 0.490 e. The van der Waals surface area contributed by atoms with E-state index in [4.69, 9.17) is 4.74 Å². The van der Waals surface area contributed by atoms with Crippen molar-refractivity contribution in [1.82, 2.24) is 14.5 Å². The number of ether oxygens (including phenoxy) is 1. The lowest BCUT2D eigenvalue weighted by atomic mass is 10.1. The summed E-state index contributed by atoms with van der Waals surface area (Å²) in [5.74, 6) is 0.363. The van der Waals surface area contributed by atoms with E-state index in [1.54, 1.807) is 24.7 Å². The van der Waals surface area contributed by atoms with Gasteiger partial charge >= 0.3 is 0 Å². The molecule has 0 aliphatic carbocycles. The average Bonchev–Trinajstić information content (AvgIpc) is 3.26. The molecule has 1 aliphatic heterocycles. The van der Waals surface area contributed by atoms with Gasteiger partial charge in [-0.3, -0.25) is 9.69 Å². The predicted octanol–water partition coefficient (Wildman–Crippen LogP) is 3.49. The van der Waals surface area contributed by atoms with Crippen molar-refractivity contribution >= 4 is 11.6 Å². The van der Waals surface area contributed by atoms with Gasteiger partial charge in [0.25, 0.3) is 0 Å². The van der Waals surface area contributed by atoms with Crippen molar-refractivity contribution < 1.29 is 13.9 Å². The van der Waals surface area contributed by atoms with Gasteiger partial charge in [0.1, 0.15) is 17.7 Å². The van der Waals surface area contributed by atoms with Crippen LogP contribution in [0.1, 0.15) is 12.8 Å². The number of carbonyl (C=O) groups is 1. The second-order valence-corrected chi connectivity index (χ2v) is 7.08. The number of benzene rings is 2. The Hall–Kier alpha value is -3.19. The number of imidazole rings is 1. The fourth-order valence-electron chi connectivity index (χ4n) is 3.49. The SMILES string of the molecule is O=C(CN1CCC(Oc2ccc(F)cc2)CC1)Nc1ccccc1-n1ccnc1. The van der Waals surface area contributed by atoms with E-state index in [0.717, 1.165) is 37.3 Å². The number of hydrogen-bond acceptors (Lipinski definition) is 4. The van der Waals surface area contributed by atoms with E-state index >= 15 is 0 Å². The first-order valence-electron chi connectivity index (χ1n) is 9.69. The van der Waals surface area contributed by atoms with Crippen LogP contribution < -0.4 is 10.1 Å². The monoisotopic (exact) mass is 394 g/mol. The molecule has 0 unspecified atom stereocenters. The van der Waals surface area contributed by atoms with E-state index in [1.165, 1.54) is 12.1 Å². The third kappa shape index (κ3) is 5.00. The number of para-hydroxylation sites is 2. The van der Waals surface area contributed by atoms with Gasteiger partial charge < -0.3 is 14.6 Å². The highest BCUT2D eigenvalue weighted by Crippen LogP contribution is 2.21. The Morgan fingerprint density at radius 1 is 1.14 bits per heavy atom. The fraction of sp³-hybridized carbons (Fsp3) is 0.273. The molecule has 0 spiro atoms. The van der Waals surface area contributed by atoms with Crippen molar-refractivity contribution in [3.8, 4) is 11.4 Å². The molecule has 6 nitrogen and oxygen atoms in total. The third-order valence-corrected chi connectivity index (χ3v) is 4.98. The number of rotatable bonds is 6. The zero-order valence-electron chi connectivity index (χ0n) is 16.0. The van der Waals surface area contributed by atoms with Crippen LogP contribution in [0.15, 0.2) is 67.3 Å². The Morgan fingerprint density at radius 3 is 2.62 bits per heavy atom. The third-order valence-electron chi connectivity index (χ3n) is 4.98. The highest BCUT2D eigenvalue weighted by Gasteiger charge is 2.22. The summed E-state index contributed by atoms with van der Waals surface area (Å²) in [7, 11) is 0. The van der Waals surface area contributed by atoms with Gasteiger partial charge in [-0.05, 0) is 49.2 Å². The minimum Gasteiger partial charge on any atom is -0.490 e. The number of halogens is 1. The molecule has 0 atom stereocenters. The van der Waals surface area contributed by atoms with Crippen LogP contribution in [0.4, 0.5) is 10.1 Å². The minimum atomic E-state index is -0.271. The summed E-state index contributed by atoms with van der Waals surface area (Å²) in [5, 5.41) is 3.01. The predicted molar refractivity (Wildman–Crippen MR) is 109 cm³/mol. The summed E-state index contributed by atoms with van der Waals surface area (Å²) in [5.41, 5.74) is 1.63. The summed E-state index contributed by atoms with van der Waals surface area (Å²) >= 11 is 0. The van der Waals surface area contributed by atoms with Crippen molar-refractivity contribution in [2.45, 2.75) is 18.9 Å². The molecular weight excluding hydrogens is 371 g/mol. The van der Waals surface area contributed by atoms with Gasteiger partial charge in [-0.15, -0.1) is 0 Å². The number of hydrogen-bond donors (Lipinski definition) is 1. The van der Waals surface area contributed by atoms with E-state index in [-0.39, 0.29) is 17.8 Å². The number of aromatic nitrogens is 2. The molecular formula is C22H23FN4O2. The molecule has 7 heteroatoms. The molecule has 0 bridgehead atoms. The first-order chi connectivity index (χ1) is 14.2. The highest BCUT2D eigenvalue weighted by atomic mass is 19.1. The number of carbonyl (C=O) groups excluding carboxylic acids is 1. The van der Waals surface area contributed by atoms with Crippen LogP contribution in [0, 0.1) is 5.82 Å². The number of piperidine rings is 1. The number of nitrogens with zero attached hydrogens (tertiary/aromatic N) is 3. The Bertz CT molecular complexity index is 936. The van der Waals surface area contributed by atoms with Gasteiger partial charge in [0, 0.05) is 25.5 Å². The number of likely N-dealkylation sites (tertiary alicyclic amines) is 1. The first-order valence-corrected chi connectivity index (χ1v) is 9.69. The maximum atomic E-state index is 13.0. The topological polar surface area (TPSA) is 59.4 Å². The Labute approximate surface area is 168 Å². The van der Waals surface area contributed by atoms with E-state index in [9.17, 15) is 9.18 Å². The number of nitrogens with one attached hydrogen (secondary N) is 1. The van der Waals surface area contributed by atoms with Gasteiger partial charge in [-0.1, -0.05) is 12.1 Å². The first kappa shape index (κ1) is 19.1. The van der Waals surface area contributed by atoms with E-state index in [1.807, 2.05) is 35.0 Å². The van der Waals surface area contributed by atoms with Gasteiger partial charge in [-0.2, -0.15) is 0 Å². The molecule has 1 saturated heterocycles. The van der Waals surface area contributed by atoms with Gasteiger partial charge in [-0.25, -0.2) is 9.37 Å². The molecule has 1 aromatic heterocycles. The Balaban J connectivity index is 1.28. The van der Waals surface area contributed by atoms with Crippen LogP contribution in [-0.4, -0.2) is 46.1 Å². The van der Waals surface area contributed by atoms with Crippen LogP contribution in [0.5, 0.6) is 5.75 Å². The summed E-state index contributed by atoms with van der Waals surface area (Å²) in [6.45, 7) is 1.90. The molecule has 2 heterocycles. The molecule has 150 valence electrons. The van der Waals surface area contributed by atoms with Gasteiger partial charge in [0.15, 0.2) is 0 Å². The maximum Gasteiger partial charge on any atom is 0.238 e. The summed E-state index contributed by atoms with van der Waals surface area (Å²) in [6.07, 6.45) is 7.00. The maximum absolute atomic E-state index is 13.0. The molecule has 0 radical (unpaired) electrons. The highest BCUT2D eigenvalue weighted by molar-refractivity contribution is 5.94. The zero-order valence-corrected chi connectivity index (χ0v) is 16.0.